The normalized spacial score (nSPS) is 10.3. The minimum atomic E-state index is 0.675. The average molecular weight is 242 g/mol. The Balaban J connectivity index is 1.84. The molecule has 18 heavy (non-hydrogen) atoms. The van der Waals surface area contributed by atoms with Crippen LogP contribution in [0.25, 0.3) is 0 Å². The zero-order valence-electron chi connectivity index (χ0n) is 10.6. The molecule has 1 aromatic heterocycles. The van der Waals surface area contributed by atoms with E-state index in [9.17, 15) is 0 Å². The molecule has 0 saturated carbocycles. The summed E-state index contributed by atoms with van der Waals surface area (Å²) < 4.78 is 5.74. The Bertz CT molecular complexity index is 471. The maximum absolute atomic E-state index is 5.74. The molecule has 0 atom stereocenters. The van der Waals surface area contributed by atoms with E-state index < -0.39 is 0 Å². The first kappa shape index (κ1) is 12.6. The first-order valence-corrected chi connectivity index (χ1v) is 6.14. The van der Waals surface area contributed by atoms with Gasteiger partial charge in [-0.05, 0) is 36.4 Å². The van der Waals surface area contributed by atoms with Crippen LogP contribution in [0.15, 0.2) is 48.8 Å². The predicted octanol–water partition coefficient (Wildman–Crippen LogP) is 2.42. The molecular formula is C15H18N2O. The van der Waals surface area contributed by atoms with Gasteiger partial charge < -0.3 is 10.1 Å². The Morgan fingerprint density at radius 3 is 2.83 bits per heavy atom. The van der Waals surface area contributed by atoms with Crippen molar-refractivity contribution in [3.63, 3.8) is 0 Å². The standard InChI is InChI=1S/C15H18N2O/c1-16-11-14-4-2-6-15(10-14)18-9-7-13-5-3-8-17-12-13/h2-6,8,10,12,16H,7,9,11H2,1H3. The van der Waals surface area contributed by atoms with Crippen LogP contribution in [0.5, 0.6) is 5.75 Å². The van der Waals surface area contributed by atoms with Crippen molar-refractivity contribution in [2.45, 2.75) is 13.0 Å². The number of hydrogen-bond donors (Lipinski definition) is 1. The molecule has 0 bridgehead atoms. The van der Waals surface area contributed by atoms with E-state index in [2.05, 4.69) is 28.5 Å². The van der Waals surface area contributed by atoms with Gasteiger partial charge in [-0.1, -0.05) is 18.2 Å². The predicted molar refractivity (Wildman–Crippen MR) is 72.6 cm³/mol. The lowest BCUT2D eigenvalue weighted by Gasteiger charge is -2.08. The molecule has 1 N–H and O–H groups in total. The fourth-order valence-corrected chi connectivity index (χ4v) is 1.78. The second-order valence-electron chi connectivity index (χ2n) is 4.14. The number of nitrogens with one attached hydrogen (secondary N) is 1. The largest absolute Gasteiger partial charge is 0.493 e. The molecule has 2 rings (SSSR count). The van der Waals surface area contributed by atoms with Crippen molar-refractivity contribution in [3.8, 4) is 5.75 Å². The summed E-state index contributed by atoms with van der Waals surface area (Å²) in [7, 11) is 1.94. The van der Waals surface area contributed by atoms with Gasteiger partial charge in [0.2, 0.25) is 0 Å². The van der Waals surface area contributed by atoms with E-state index >= 15 is 0 Å². The van der Waals surface area contributed by atoms with Gasteiger partial charge in [-0.2, -0.15) is 0 Å². The topological polar surface area (TPSA) is 34.1 Å². The Labute approximate surface area is 108 Å². The highest BCUT2D eigenvalue weighted by atomic mass is 16.5. The molecule has 94 valence electrons. The first-order valence-electron chi connectivity index (χ1n) is 6.14. The summed E-state index contributed by atoms with van der Waals surface area (Å²) in [5.41, 5.74) is 2.43. The van der Waals surface area contributed by atoms with Gasteiger partial charge >= 0.3 is 0 Å². The van der Waals surface area contributed by atoms with Crippen LogP contribution in [-0.2, 0) is 13.0 Å². The first-order chi connectivity index (χ1) is 8.88. The molecule has 0 unspecified atom stereocenters. The fraction of sp³-hybridized carbons (Fsp3) is 0.267. The number of hydrogen-bond acceptors (Lipinski definition) is 3. The molecule has 3 nitrogen and oxygen atoms in total. The number of ether oxygens (including phenoxy) is 1. The van der Waals surface area contributed by atoms with Crippen LogP contribution >= 0.6 is 0 Å². The van der Waals surface area contributed by atoms with Crippen LogP contribution in [0.4, 0.5) is 0 Å². The molecular weight excluding hydrogens is 224 g/mol. The molecule has 0 fully saturated rings. The summed E-state index contributed by atoms with van der Waals surface area (Å²) in [5.74, 6) is 0.923. The van der Waals surface area contributed by atoms with Crippen LogP contribution in [-0.4, -0.2) is 18.6 Å². The van der Waals surface area contributed by atoms with Crippen molar-refractivity contribution in [2.24, 2.45) is 0 Å². The van der Waals surface area contributed by atoms with Gasteiger partial charge in [0.25, 0.3) is 0 Å². The molecule has 0 saturated heterocycles. The van der Waals surface area contributed by atoms with E-state index in [1.54, 1.807) is 6.20 Å². The van der Waals surface area contributed by atoms with E-state index in [0.29, 0.717) is 6.61 Å². The second-order valence-corrected chi connectivity index (χ2v) is 4.14. The highest BCUT2D eigenvalue weighted by molar-refractivity contribution is 5.28. The summed E-state index contributed by atoms with van der Waals surface area (Å²) in [4.78, 5) is 4.08. The molecule has 0 radical (unpaired) electrons. The van der Waals surface area contributed by atoms with Crippen LogP contribution in [0.3, 0.4) is 0 Å². The maximum atomic E-state index is 5.74. The SMILES string of the molecule is CNCc1cccc(OCCc2cccnc2)c1. The summed E-state index contributed by atoms with van der Waals surface area (Å²) in [6.07, 6.45) is 4.54. The maximum Gasteiger partial charge on any atom is 0.119 e. The van der Waals surface area contributed by atoms with Crippen molar-refractivity contribution < 1.29 is 4.74 Å². The average Bonchev–Trinajstić information content (AvgIpc) is 2.41. The molecule has 0 aliphatic carbocycles. The molecule has 3 heteroatoms. The molecule has 0 spiro atoms. The van der Waals surface area contributed by atoms with E-state index in [-0.39, 0.29) is 0 Å². The molecule has 1 aromatic carbocycles. The van der Waals surface area contributed by atoms with E-state index in [1.165, 1.54) is 11.1 Å². The van der Waals surface area contributed by atoms with E-state index in [4.69, 9.17) is 4.74 Å². The third-order valence-electron chi connectivity index (χ3n) is 2.66. The molecule has 0 amide bonds. The van der Waals surface area contributed by atoms with Crippen molar-refractivity contribution in [2.75, 3.05) is 13.7 Å². The third-order valence-corrected chi connectivity index (χ3v) is 2.66. The summed E-state index contributed by atoms with van der Waals surface area (Å²) >= 11 is 0. The summed E-state index contributed by atoms with van der Waals surface area (Å²) in [6, 6.07) is 12.2. The highest BCUT2D eigenvalue weighted by Crippen LogP contribution is 2.13. The van der Waals surface area contributed by atoms with Gasteiger partial charge in [-0.3, -0.25) is 4.98 Å². The molecule has 2 aromatic rings. The number of aromatic nitrogens is 1. The Morgan fingerprint density at radius 2 is 2.06 bits per heavy atom. The quantitative estimate of drug-likeness (QED) is 0.844. The summed E-state index contributed by atoms with van der Waals surface area (Å²) in [5, 5.41) is 3.13. The van der Waals surface area contributed by atoms with Crippen molar-refractivity contribution in [3.05, 3.63) is 59.9 Å². The Hall–Kier alpha value is -1.87. The number of nitrogens with zero attached hydrogens (tertiary/aromatic N) is 1. The van der Waals surface area contributed by atoms with Gasteiger partial charge in [-0.15, -0.1) is 0 Å². The number of benzene rings is 1. The zero-order chi connectivity index (χ0) is 12.6. The van der Waals surface area contributed by atoms with Crippen molar-refractivity contribution in [1.29, 1.82) is 0 Å². The summed E-state index contributed by atoms with van der Waals surface area (Å²) in [6.45, 7) is 1.54. The molecule has 0 aliphatic heterocycles. The van der Waals surface area contributed by atoms with Crippen LogP contribution in [0, 0.1) is 0 Å². The second kappa shape index (κ2) is 6.77. The van der Waals surface area contributed by atoms with Gasteiger partial charge in [0, 0.05) is 25.4 Å². The Kier molecular flexibility index (Phi) is 4.73. The van der Waals surface area contributed by atoms with Gasteiger partial charge in [0.15, 0.2) is 0 Å². The lowest BCUT2D eigenvalue weighted by atomic mass is 10.2. The van der Waals surface area contributed by atoms with Crippen LogP contribution < -0.4 is 10.1 Å². The lowest BCUT2D eigenvalue weighted by Crippen LogP contribution is -2.06. The monoisotopic (exact) mass is 242 g/mol. The van der Waals surface area contributed by atoms with Crippen molar-refractivity contribution in [1.82, 2.24) is 10.3 Å². The number of rotatable bonds is 6. The molecule has 1 heterocycles. The smallest absolute Gasteiger partial charge is 0.119 e. The highest BCUT2D eigenvalue weighted by Gasteiger charge is 1.97. The number of pyridine rings is 1. The van der Waals surface area contributed by atoms with Crippen molar-refractivity contribution >= 4 is 0 Å². The lowest BCUT2D eigenvalue weighted by molar-refractivity contribution is 0.321. The van der Waals surface area contributed by atoms with E-state index in [0.717, 1.165) is 18.7 Å². The minimum Gasteiger partial charge on any atom is -0.493 e. The van der Waals surface area contributed by atoms with E-state index in [1.807, 2.05) is 31.4 Å². The fourth-order valence-electron chi connectivity index (χ4n) is 1.78. The zero-order valence-corrected chi connectivity index (χ0v) is 10.6. The van der Waals surface area contributed by atoms with Gasteiger partial charge in [-0.25, -0.2) is 0 Å². The van der Waals surface area contributed by atoms with Gasteiger partial charge in [0.1, 0.15) is 5.75 Å². The minimum absolute atomic E-state index is 0.675. The van der Waals surface area contributed by atoms with Crippen LogP contribution in [0.1, 0.15) is 11.1 Å². The third kappa shape index (κ3) is 3.86. The Morgan fingerprint density at radius 1 is 1.17 bits per heavy atom. The molecule has 0 aliphatic rings. The van der Waals surface area contributed by atoms with Gasteiger partial charge in [0.05, 0.1) is 6.61 Å². The van der Waals surface area contributed by atoms with Crippen LogP contribution in [0.2, 0.25) is 0 Å².